The van der Waals surface area contributed by atoms with Crippen molar-refractivity contribution in [2.75, 3.05) is 0 Å². The fraction of sp³-hybridized carbons (Fsp3) is 0.286. The minimum absolute atomic E-state index is 0.000600. The van der Waals surface area contributed by atoms with Crippen LogP contribution in [-0.4, -0.2) is 20.9 Å². The Labute approximate surface area is 122 Å². The summed E-state index contributed by atoms with van der Waals surface area (Å²) in [6.07, 6.45) is 3.65. The smallest absolute Gasteiger partial charge is 0.305 e. The molecule has 0 spiro atoms. The van der Waals surface area contributed by atoms with E-state index in [9.17, 15) is 4.79 Å². The number of carboxylic acids is 1. The predicted molar refractivity (Wildman–Crippen MR) is 76.5 cm³/mol. The second kappa shape index (κ2) is 6.54. The van der Waals surface area contributed by atoms with Gasteiger partial charge in [-0.15, -0.1) is 0 Å². The summed E-state index contributed by atoms with van der Waals surface area (Å²) in [5.41, 5.74) is 1.87. The minimum Gasteiger partial charge on any atom is -0.481 e. The topological polar surface area (TPSA) is 67.2 Å². The van der Waals surface area contributed by atoms with Crippen LogP contribution in [-0.2, 0) is 18.4 Å². The lowest BCUT2D eigenvalue weighted by Gasteiger charge is -2.17. The van der Waals surface area contributed by atoms with Crippen LogP contribution >= 0.6 is 11.6 Å². The van der Waals surface area contributed by atoms with E-state index in [1.807, 2.05) is 25.4 Å². The number of halogens is 1. The summed E-state index contributed by atoms with van der Waals surface area (Å²) in [6, 6.07) is 6.95. The summed E-state index contributed by atoms with van der Waals surface area (Å²) < 4.78 is 1.71. The molecule has 0 amide bonds. The summed E-state index contributed by atoms with van der Waals surface area (Å²) in [5.74, 6) is -0.853. The lowest BCUT2D eigenvalue weighted by atomic mass is 10.0. The Hall–Kier alpha value is -1.85. The van der Waals surface area contributed by atoms with Gasteiger partial charge in [-0.05, 0) is 17.7 Å². The van der Waals surface area contributed by atoms with Gasteiger partial charge in [0, 0.05) is 36.4 Å². The van der Waals surface area contributed by atoms with Crippen LogP contribution in [0.4, 0.5) is 0 Å². The van der Waals surface area contributed by atoms with E-state index in [0.717, 1.165) is 11.1 Å². The second-order valence-corrected chi connectivity index (χ2v) is 5.05. The third-order valence-electron chi connectivity index (χ3n) is 2.94. The SMILES string of the molecule is Cn1cc(CN[C@H](CC(=O)O)c2cccc(Cl)c2)cn1. The molecule has 0 saturated carbocycles. The predicted octanol–water partition coefficient (Wildman–Crippen LogP) is 2.38. The van der Waals surface area contributed by atoms with Crippen molar-refractivity contribution < 1.29 is 9.90 Å². The Bertz CT molecular complexity index is 598. The second-order valence-electron chi connectivity index (χ2n) is 4.61. The number of aryl methyl sites for hydroxylation is 1. The highest BCUT2D eigenvalue weighted by Gasteiger charge is 2.15. The van der Waals surface area contributed by atoms with Crippen LogP contribution in [0.2, 0.25) is 5.02 Å². The summed E-state index contributed by atoms with van der Waals surface area (Å²) >= 11 is 5.96. The van der Waals surface area contributed by atoms with Crippen LogP contribution < -0.4 is 5.32 Å². The van der Waals surface area contributed by atoms with Gasteiger partial charge in [0.05, 0.1) is 12.6 Å². The van der Waals surface area contributed by atoms with Gasteiger partial charge in [0.25, 0.3) is 0 Å². The molecule has 1 aromatic heterocycles. The molecular formula is C14H16ClN3O2. The number of nitrogens with one attached hydrogen (secondary N) is 1. The highest BCUT2D eigenvalue weighted by Crippen LogP contribution is 2.21. The van der Waals surface area contributed by atoms with E-state index in [1.54, 1.807) is 23.0 Å². The van der Waals surface area contributed by atoms with Gasteiger partial charge in [-0.25, -0.2) is 0 Å². The first-order valence-electron chi connectivity index (χ1n) is 6.23. The molecule has 2 rings (SSSR count). The highest BCUT2D eigenvalue weighted by molar-refractivity contribution is 6.30. The summed E-state index contributed by atoms with van der Waals surface area (Å²) in [6.45, 7) is 0.554. The van der Waals surface area contributed by atoms with Gasteiger partial charge in [-0.2, -0.15) is 5.10 Å². The van der Waals surface area contributed by atoms with Crippen molar-refractivity contribution in [2.24, 2.45) is 7.05 Å². The molecule has 2 aromatic rings. The molecule has 6 heteroatoms. The number of carboxylic acid groups (broad SMARTS) is 1. The first-order chi connectivity index (χ1) is 9.54. The first kappa shape index (κ1) is 14.6. The van der Waals surface area contributed by atoms with Crippen molar-refractivity contribution in [3.05, 3.63) is 52.8 Å². The maximum atomic E-state index is 11.0. The molecule has 2 N–H and O–H groups in total. The summed E-state index contributed by atoms with van der Waals surface area (Å²) in [7, 11) is 1.84. The van der Waals surface area contributed by atoms with E-state index in [1.165, 1.54) is 0 Å². The van der Waals surface area contributed by atoms with Crippen molar-refractivity contribution in [2.45, 2.75) is 19.0 Å². The number of carbonyl (C=O) groups is 1. The summed E-state index contributed by atoms with van der Waals surface area (Å²) in [5, 5.41) is 16.9. The molecule has 0 fully saturated rings. The average molecular weight is 294 g/mol. The van der Waals surface area contributed by atoms with Crippen molar-refractivity contribution in [1.29, 1.82) is 0 Å². The molecule has 1 atom stereocenters. The molecule has 1 aromatic carbocycles. The Kier molecular flexibility index (Phi) is 4.76. The molecule has 0 bridgehead atoms. The molecule has 106 valence electrons. The van der Waals surface area contributed by atoms with Crippen molar-refractivity contribution >= 4 is 17.6 Å². The lowest BCUT2D eigenvalue weighted by molar-refractivity contribution is -0.137. The Morgan fingerprint density at radius 1 is 1.55 bits per heavy atom. The lowest BCUT2D eigenvalue weighted by Crippen LogP contribution is -2.23. The monoisotopic (exact) mass is 293 g/mol. The van der Waals surface area contributed by atoms with Crippen LogP contribution in [0, 0.1) is 0 Å². The zero-order valence-electron chi connectivity index (χ0n) is 11.1. The maximum absolute atomic E-state index is 11.0. The number of nitrogens with zero attached hydrogens (tertiary/aromatic N) is 2. The molecule has 0 saturated heterocycles. The van der Waals surface area contributed by atoms with E-state index in [0.29, 0.717) is 11.6 Å². The molecule has 0 unspecified atom stereocenters. The summed E-state index contributed by atoms with van der Waals surface area (Å²) in [4.78, 5) is 11.0. The number of aliphatic carboxylic acids is 1. The Balaban J connectivity index is 2.09. The zero-order valence-corrected chi connectivity index (χ0v) is 11.8. The van der Waals surface area contributed by atoms with Gasteiger partial charge in [0.1, 0.15) is 0 Å². The molecule has 5 nitrogen and oxygen atoms in total. The zero-order chi connectivity index (χ0) is 14.5. The Morgan fingerprint density at radius 2 is 2.35 bits per heavy atom. The number of benzene rings is 1. The van der Waals surface area contributed by atoms with E-state index >= 15 is 0 Å². The molecule has 1 heterocycles. The van der Waals surface area contributed by atoms with Crippen LogP contribution in [0.25, 0.3) is 0 Å². The third-order valence-corrected chi connectivity index (χ3v) is 3.18. The molecule has 0 aliphatic heterocycles. The van der Waals surface area contributed by atoms with Crippen molar-refractivity contribution in [3.8, 4) is 0 Å². The van der Waals surface area contributed by atoms with Crippen molar-refractivity contribution in [1.82, 2.24) is 15.1 Å². The van der Waals surface area contributed by atoms with E-state index < -0.39 is 5.97 Å². The Morgan fingerprint density at radius 3 is 2.95 bits per heavy atom. The molecule has 20 heavy (non-hydrogen) atoms. The molecule has 0 radical (unpaired) electrons. The van der Waals surface area contributed by atoms with Gasteiger partial charge in [-0.1, -0.05) is 23.7 Å². The van der Waals surface area contributed by atoms with Gasteiger partial charge < -0.3 is 10.4 Å². The normalized spacial score (nSPS) is 12.3. The third kappa shape index (κ3) is 4.08. The molecular weight excluding hydrogens is 278 g/mol. The largest absolute Gasteiger partial charge is 0.481 e. The van der Waals surface area contributed by atoms with Gasteiger partial charge in [-0.3, -0.25) is 9.48 Å². The number of rotatable bonds is 6. The molecule has 0 aliphatic carbocycles. The minimum atomic E-state index is -0.853. The van der Waals surface area contributed by atoms with Crippen LogP contribution in [0.1, 0.15) is 23.6 Å². The van der Waals surface area contributed by atoms with Crippen molar-refractivity contribution in [3.63, 3.8) is 0 Å². The van der Waals surface area contributed by atoms with E-state index in [4.69, 9.17) is 16.7 Å². The number of hydrogen-bond donors (Lipinski definition) is 2. The quantitative estimate of drug-likeness (QED) is 0.858. The fourth-order valence-corrected chi connectivity index (χ4v) is 2.21. The van der Waals surface area contributed by atoms with Crippen LogP contribution in [0.5, 0.6) is 0 Å². The van der Waals surface area contributed by atoms with Gasteiger partial charge in [0.15, 0.2) is 0 Å². The van der Waals surface area contributed by atoms with E-state index in [2.05, 4.69) is 10.4 Å². The average Bonchev–Trinajstić information content (AvgIpc) is 2.80. The highest BCUT2D eigenvalue weighted by atomic mass is 35.5. The van der Waals surface area contributed by atoms with Crippen LogP contribution in [0.3, 0.4) is 0 Å². The number of aromatic nitrogens is 2. The number of hydrogen-bond acceptors (Lipinski definition) is 3. The maximum Gasteiger partial charge on any atom is 0.305 e. The van der Waals surface area contributed by atoms with Crippen LogP contribution in [0.15, 0.2) is 36.7 Å². The van der Waals surface area contributed by atoms with E-state index in [-0.39, 0.29) is 12.5 Å². The fourth-order valence-electron chi connectivity index (χ4n) is 2.01. The standard InChI is InChI=1S/C14H16ClN3O2/c1-18-9-10(8-17-18)7-16-13(6-14(19)20)11-3-2-4-12(15)5-11/h2-5,8-9,13,16H,6-7H2,1H3,(H,19,20)/t13-/m1/s1. The molecule has 0 aliphatic rings. The first-order valence-corrected chi connectivity index (χ1v) is 6.60. The van der Waals surface area contributed by atoms with Gasteiger partial charge in [0.2, 0.25) is 0 Å². The van der Waals surface area contributed by atoms with Gasteiger partial charge >= 0.3 is 5.97 Å².